The number of nitrogens with zero attached hydrogens (tertiary/aromatic N) is 5. The van der Waals surface area contributed by atoms with Crippen LogP contribution in [0.25, 0.3) is 5.69 Å². The molecule has 1 aromatic carbocycles. The van der Waals surface area contributed by atoms with E-state index in [2.05, 4.69) is 15.1 Å². The molecular weight excluding hydrogens is 349 g/mol. The molecule has 0 unspecified atom stereocenters. The molecule has 0 radical (unpaired) electrons. The highest BCUT2D eigenvalue weighted by Gasteiger charge is 2.27. The van der Waals surface area contributed by atoms with Crippen molar-refractivity contribution in [2.24, 2.45) is 0 Å². The second-order valence-electron chi connectivity index (χ2n) is 6.35. The minimum Gasteiger partial charge on any atom is -0.504 e. The summed E-state index contributed by atoms with van der Waals surface area (Å²) in [5, 5.41) is 14.3. The largest absolute Gasteiger partial charge is 0.504 e. The number of aromatic nitrogens is 4. The van der Waals surface area contributed by atoms with Gasteiger partial charge in [-0.25, -0.2) is 19.0 Å². The van der Waals surface area contributed by atoms with Crippen LogP contribution < -0.4 is 0 Å². The summed E-state index contributed by atoms with van der Waals surface area (Å²) < 4.78 is 15.1. The molecule has 27 heavy (non-hydrogen) atoms. The van der Waals surface area contributed by atoms with Crippen LogP contribution >= 0.6 is 0 Å². The lowest BCUT2D eigenvalue weighted by Crippen LogP contribution is -2.37. The van der Waals surface area contributed by atoms with Gasteiger partial charge in [0.05, 0.1) is 18.4 Å². The van der Waals surface area contributed by atoms with Gasteiger partial charge in [-0.2, -0.15) is 5.10 Å². The maximum Gasteiger partial charge on any atom is 0.278 e. The first-order valence-electron chi connectivity index (χ1n) is 8.73. The van der Waals surface area contributed by atoms with Crippen LogP contribution in [0.4, 0.5) is 4.39 Å². The van der Waals surface area contributed by atoms with E-state index in [1.807, 2.05) is 13.1 Å². The molecule has 2 aromatic heterocycles. The van der Waals surface area contributed by atoms with Gasteiger partial charge in [0.15, 0.2) is 11.4 Å². The number of halogens is 1. The van der Waals surface area contributed by atoms with Gasteiger partial charge < -0.3 is 10.0 Å². The van der Waals surface area contributed by atoms with E-state index in [1.165, 1.54) is 23.0 Å². The maximum atomic E-state index is 14.0. The van der Waals surface area contributed by atoms with Crippen molar-refractivity contribution >= 4 is 5.91 Å². The SMILES string of the molecule is CCc1ncc2c(n1)CN(C(=O)c1nn(-c3ccccc3F)cc1O)CC2. The summed E-state index contributed by atoms with van der Waals surface area (Å²) in [6.07, 6.45) is 4.41. The van der Waals surface area contributed by atoms with Crippen LogP contribution in [0.2, 0.25) is 0 Å². The zero-order valence-corrected chi connectivity index (χ0v) is 14.8. The third-order valence-corrected chi connectivity index (χ3v) is 4.60. The third-order valence-electron chi connectivity index (χ3n) is 4.60. The van der Waals surface area contributed by atoms with Gasteiger partial charge in [-0.3, -0.25) is 4.79 Å². The molecule has 0 aliphatic carbocycles. The van der Waals surface area contributed by atoms with Gasteiger partial charge >= 0.3 is 0 Å². The smallest absolute Gasteiger partial charge is 0.278 e. The van der Waals surface area contributed by atoms with E-state index < -0.39 is 11.7 Å². The molecule has 3 aromatic rings. The van der Waals surface area contributed by atoms with Gasteiger partial charge in [-0.1, -0.05) is 19.1 Å². The molecular formula is C19H18FN5O2. The van der Waals surface area contributed by atoms with E-state index in [4.69, 9.17) is 0 Å². The van der Waals surface area contributed by atoms with Crippen molar-refractivity contribution in [3.63, 3.8) is 0 Å². The van der Waals surface area contributed by atoms with Crippen LogP contribution in [0.1, 0.15) is 34.5 Å². The Morgan fingerprint density at radius 1 is 1.33 bits per heavy atom. The van der Waals surface area contributed by atoms with Gasteiger partial charge in [-0.15, -0.1) is 0 Å². The summed E-state index contributed by atoms with van der Waals surface area (Å²) in [4.78, 5) is 23.2. The molecule has 1 aliphatic rings. The van der Waals surface area contributed by atoms with E-state index in [-0.39, 0.29) is 17.1 Å². The first kappa shape index (κ1) is 17.1. The van der Waals surface area contributed by atoms with E-state index in [0.29, 0.717) is 19.5 Å². The molecule has 3 heterocycles. The van der Waals surface area contributed by atoms with Crippen molar-refractivity contribution in [3.8, 4) is 11.4 Å². The van der Waals surface area contributed by atoms with Crippen molar-refractivity contribution in [1.82, 2.24) is 24.6 Å². The number of fused-ring (bicyclic) bond motifs is 1. The topological polar surface area (TPSA) is 84.1 Å². The highest BCUT2D eigenvalue weighted by molar-refractivity contribution is 5.95. The molecule has 138 valence electrons. The van der Waals surface area contributed by atoms with Crippen LogP contribution in [0, 0.1) is 5.82 Å². The highest BCUT2D eigenvalue weighted by atomic mass is 19.1. The molecule has 1 aliphatic heterocycles. The highest BCUT2D eigenvalue weighted by Crippen LogP contribution is 2.24. The number of carbonyl (C=O) groups excluding carboxylic acids is 1. The number of aromatic hydroxyl groups is 1. The lowest BCUT2D eigenvalue weighted by molar-refractivity contribution is 0.0722. The van der Waals surface area contributed by atoms with Gasteiger partial charge in [0.2, 0.25) is 0 Å². The molecule has 0 saturated heterocycles. The van der Waals surface area contributed by atoms with Crippen LogP contribution in [0.15, 0.2) is 36.7 Å². The molecule has 1 amide bonds. The van der Waals surface area contributed by atoms with Gasteiger partial charge in [0.25, 0.3) is 5.91 Å². The first-order chi connectivity index (χ1) is 13.1. The summed E-state index contributed by atoms with van der Waals surface area (Å²) in [5.74, 6) is -0.458. The third kappa shape index (κ3) is 3.14. The number of carbonyl (C=O) groups is 1. The summed E-state index contributed by atoms with van der Waals surface area (Å²) in [6, 6.07) is 6.04. The zero-order valence-electron chi connectivity index (χ0n) is 14.8. The van der Waals surface area contributed by atoms with Gasteiger partial charge in [-0.05, 0) is 24.1 Å². The molecule has 0 fully saturated rings. The number of hydrogen-bond acceptors (Lipinski definition) is 5. The first-order valence-corrected chi connectivity index (χ1v) is 8.73. The van der Waals surface area contributed by atoms with Crippen molar-refractivity contribution in [2.75, 3.05) is 6.54 Å². The molecule has 8 heteroatoms. The van der Waals surface area contributed by atoms with E-state index in [9.17, 15) is 14.3 Å². The number of hydrogen-bond donors (Lipinski definition) is 1. The van der Waals surface area contributed by atoms with Crippen LogP contribution in [-0.2, 0) is 19.4 Å². The Labute approximate surface area is 155 Å². The molecule has 0 spiro atoms. The molecule has 7 nitrogen and oxygen atoms in total. The van der Waals surface area contributed by atoms with Crippen molar-refractivity contribution < 1.29 is 14.3 Å². The fourth-order valence-corrected chi connectivity index (χ4v) is 3.12. The monoisotopic (exact) mass is 367 g/mol. The van der Waals surface area contributed by atoms with Crippen LogP contribution in [-0.4, -0.2) is 42.2 Å². The summed E-state index contributed by atoms with van der Waals surface area (Å²) in [5.41, 5.74) is 1.90. The number of para-hydroxylation sites is 1. The lowest BCUT2D eigenvalue weighted by atomic mass is 10.1. The summed E-state index contributed by atoms with van der Waals surface area (Å²) >= 11 is 0. The van der Waals surface area contributed by atoms with E-state index in [0.717, 1.165) is 23.5 Å². The Balaban J connectivity index is 1.61. The summed E-state index contributed by atoms with van der Waals surface area (Å²) in [6.45, 7) is 2.78. The van der Waals surface area contributed by atoms with Gasteiger partial charge in [0, 0.05) is 19.2 Å². The molecule has 4 rings (SSSR count). The second-order valence-corrected chi connectivity index (χ2v) is 6.35. The lowest BCUT2D eigenvalue weighted by Gasteiger charge is -2.27. The predicted molar refractivity (Wildman–Crippen MR) is 95.0 cm³/mol. The van der Waals surface area contributed by atoms with E-state index >= 15 is 0 Å². The minimum absolute atomic E-state index is 0.105. The average molecular weight is 367 g/mol. The zero-order chi connectivity index (χ0) is 19.0. The van der Waals surface area contributed by atoms with Crippen molar-refractivity contribution in [2.45, 2.75) is 26.3 Å². The van der Waals surface area contributed by atoms with Gasteiger partial charge in [0.1, 0.15) is 17.3 Å². The Morgan fingerprint density at radius 2 is 2.15 bits per heavy atom. The Kier molecular flexibility index (Phi) is 4.31. The Morgan fingerprint density at radius 3 is 2.93 bits per heavy atom. The number of amides is 1. The molecule has 0 saturated carbocycles. The normalized spacial score (nSPS) is 13.5. The fourth-order valence-electron chi connectivity index (χ4n) is 3.12. The fraction of sp³-hybridized carbons (Fsp3) is 0.263. The maximum absolute atomic E-state index is 14.0. The Bertz CT molecular complexity index is 1020. The minimum atomic E-state index is -0.491. The quantitative estimate of drug-likeness (QED) is 0.768. The predicted octanol–water partition coefficient (Wildman–Crippen LogP) is 2.27. The van der Waals surface area contributed by atoms with Crippen molar-refractivity contribution in [3.05, 3.63) is 65.3 Å². The van der Waals surface area contributed by atoms with E-state index in [1.54, 1.807) is 17.0 Å². The van der Waals surface area contributed by atoms with Crippen molar-refractivity contribution in [1.29, 1.82) is 0 Å². The standard InChI is InChI=1S/C19H18FN5O2/c1-2-17-21-9-12-7-8-24(10-14(12)22-17)19(27)18-16(26)11-25(23-18)15-6-4-3-5-13(15)20/h3-6,9,11,26H,2,7-8,10H2,1H3. The molecule has 0 bridgehead atoms. The number of rotatable bonds is 3. The Hall–Kier alpha value is -3.29. The molecule has 1 N–H and O–H groups in total. The van der Waals surface area contributed by atoms with Crippen LogP contribution in [0.3, 0.4) is 0 Å². The summed E-state index contributed by atoms with van der Waals surface area (Å²) in [7, 11) is 0. The van der Waals surface area contributed by atoms with Crippen LogP contribution in [0.5, 0.6) is 5.75 Å². The number of benzene rings is 1. The molecule has 0 atom stereocenters. The average Bonchev–Trinajstić information content (AvgIpc) is 3.08. The second kappa shape index (κ2) is 6.79. The number of aryl methyl sites for hydroxylation is 1.